The van der Waals surface area contributed by atoms with E-state index in [1.54, 1.807) is 25.2 Å². The second-order valence-corrected chi connectivity index (χ2v) is 6.92. The number of rotatable bonds is 5. The van der Waals surface area contributed by atoms with Gasteiger partial charge in [0.1, 0.15) is 11.9 Å². The van der Waals surface area contributed by atoms with Gasteiger partial charge in [-0.1, -0.05) is 31.0 Å². The summed E-state index contributed by atoms with van der Waals surface area (Å²) in [4.78, 5) is 27.1. The number of nitrogens with zero attached hydrogens (tertiary/aromatic N) is 1. The Morgan fingerprint density at radius 1 is 1.15 bits per heavy atom. The summed E-state index contributed by atoms with van der Waals surface area (Å²) in [5.41, 5.74) is 0.322. The van der Waals surface area contributed by atoms with Crippen LogP contribution in [0.15, 0.2) is 24.3 Å². The Morgan fingerprint density at radius 3 is 2.50 bits per heavy atom. The second kappa shape index (κ2) is 9.33. The Balaban J connectivity index is 0.00000243. The van der Waals surface area contributed by atoms with Gasteiger partial charge in [0.05, 0.1) is 6.04 Å². The fraction of sp³-hybridized carbons (Fsp3) is 0.579. The van der Waals surface area contributed by atoms with Crippen molar-refractivity contribution < 1.29 is 14.0 Å². The minimum absolute atomic E-state index is 0. The molecule has 1 saturated carbocycles. The molecule has 26 heavy (non-hydrogen) atoms. The molecular formula is C19H27ClFN3O2. The molecule has 1 aliphatic heterocycles. The SMILES string of the molecule is CNC(=O)[C@@H](c1ccccc1F)N1CCC[C@H]1C(=O)NC1CCCC1.Cl. The predicted molar refractivity (Wildman–Crippen MR) is 101 cm³/mol. The van der Waals surface area contributed by atoms with Crippen molar-refractivity contribution in [3.63, 3.8) is 0 Å². The van der Waals surface area contributed by atoms with Gasteiger partial charge >= 0.3 is 0 Å². The molecule has 1 heterocycles. The molecule has 1 aromatic rings. The average molecular weight is 384 g/mol. The molecule has 0 bridgehead atoms. The van der Waals surface area contributed by atoms with Crippen LogP contribution in [0.3, 0.4) is 0 Å². The Morgan fingerprint density at radius 2 is 1.85 bits per heavy atom. The molecule has 0 radical (unpaired) electrons. The number of carbonyl (C=O) groups is 2. The molecule has 2 fully saturated rings. The van der Waals surface area contributed by atoms with Gasteiger partial charge in [-0.05, 0) is 31.7 Å². The molecule has 2 atom stereocenters. The average Bonchev–Trinajstić information content (AvgIpc) is 3.28. The summed E-state index contributed by atoms with van der Waals surface area (Å²) in [5.74, 6) is -0.738. The highest BCUT2D eigenvalue weighted by Gasteiger charge is 2.40. The van der Waals surface area contributed by atoms with E-state index in [-0.39, 0.29) is 36.3 Å². The molecule has 1 saturated heterocycles. The first-order valence-corrected chi connectivity index (χ1v) is 9.14. The number of nitrogens with one attached hydrogen (secondary N) is 2. The summed E-state index contributed by atoms with van der Waals surface area (Å²) in [5, 5.41) is 5.74. The van der Waals surface area contributed by atoms with Crippen molar-refractivity contribution in [1.29, 1.82) is 0 Å². The Hall–Kier alpha value is -1.66. The van der Waals surface area contributed by atoms with Crippen LogP contribution in [-0.2, 0) is 9.59 Å². The van der Waals surface area contributed by atoms with Gasteiger partial charge in [-0.25, -0.2) is 4.39 Å². The zero-order valence-electron chi connectivity index (χ0n) is 15.0. The topological polar surface area (TPSA) is 61.4 Å². The van der Waals surface area contributed by atoms with Gasteiger partial charge in [0.25, 0.3) is 0 Å². The van der Waals surface area contributed by atoms with E-state index >= 15 is 0 Å². The van der Waals surface area contributed by atoms with E-state index in [0.717, 1.165) is 32.1 Å². The van der Waals surface area contributed by atoms with Gasteiger partial charge in [0, 0.05) is 25.2 Å². The summed E-state index contributed by atoms with van der Waals surface area (Å²) in [7, 11) is 1.54. The van der Waals surface area contributed by atoms with Crippen LogP contribution in [0.2, 0.25) is 0 Å². The zero-order chi connectivity index (χ0) is 17.8. The molecule has 0 unspecified atom stereocenters. The minimum atomic E-state index is -0.784. The van der Waals surface area contributed by atoms with Crippen molar-refractivity contribution in [3.8, 4) is 0 Å². The lowest BCUT2D eigenvalue weighted by Gasteiger charge is -2.32. The van der Waals surface area contributed by atoms with Crippen LogP contribution in [0.4, 0.5) is 4.39 Å². The first-order chi connectivity index (χ1) is 12.1. The number of likely N-dealkylation sites (N-methyl/N-ethyl adjacent to an activating group) is 1. The van der Waals surface area contributed by atoms with Crippen LogP contribution in [0.5, 0.6) is 0 Å². The fourth-order valence-corrected chi connectivity index (χ4v) is 4.05. The Bertz CT molecular complexity index is 637. The van der Waals surface area contributed by atoms with Gasteiger partial charge in [0.15, 0.2) is 0 Å². The third-order valence-electron chi connectivity index (χ3n) is 5.32. The van der Waals surface area contributed by atoms with Crippen LogP contribution >= 0.6 is 12.4 Å². The van der Waals surface area contributed by atoms with Crippen molar-refractivity contribution in [2.24, 2.45) is 0 Å². The molecular weight excluding hydrogens is 357 g/mol. The molecule has 3 rings (SSSR count). The molecule has 2 N–H and O–H groups in total. The largest absolute Gasteiger partial charge is 0.358 e. The van der Waals surface area contributed by atoms with Crippen molar-refractivity contribution in [1.82, 2.24) is 15.5 Å². The Kier molecular flexibility index (Phi) is 7.41. The van der Waals surface area contributed by atoms with Crippen LogP contribution in [0, 0.1) is 5.82 Å². The van der Waals surface area contributed by atoms with Gasteiger partial charge in [0.2, 0.25) is 11.8 Å². The molecule has 144 valence electrons. The lowest BCUT2D eigenvalue weighted by Crippen LogP contribution is -2.50. The molecule has 1 aliphatic carbocycles. The summed E-state index contributed by atoms with van der Waals surface area (Å²) < 4.78 is 14.3. The summed E-state index contributed by atoms with van der Waals surface area (Å²) in [6.45, 7) is 0.606. The number of carbonyl (C=O) groups excluding carboxylic acids is 2. The molecule has 1 aromatic carbocycles. The normalized spacial score (nSPS) is 21.8. The van der Waals surface area contributed by atoms with E-state index in [2.05, 4.69) is 10.6 Å². The third-order valence-corrected chi connectivity index (χ3v) is 5.32. The standard InChI is InChI=1S/C19H26FN3O2.ClH/c1-21-19(25)17(14-9-4-5-10-15(14)20)23-12-6-11-16(23)18(24)22-13-7-2-3-8-13;/h4-5,9-10,13,16-17H,2-3,6-8,11-12H2,1H3,(H,21,25)(H,22,24);1H/t16-,17+;/m0./s1. The van der Waals surface area contributed by atoms with Crippen LogP contribution in [0.1, 0.15) is 50.1 Å². The highest BCUT2D eigenvalue weighted by molar-refractivity contribution is 5.86. The van der Waals surface area contributed by atoms with Gasteiger partial charge in [-0.3, -0.25) is 14.5 Å². The Labute approximate surface area is 160 Å². The minimum Gasteiger partial charge on any atom is -0.358 e. The lowest BCUT2D eigenvalue weighted by molar-refractivity contribution is -0.131. The first kappa shape index (κ1) is 20.6. The maximum absolute atomic E-state index is 14.3. The van der Waals surface area contributed by atoms with E-state index in [0.29, 0.717) is 18.5 Å². The monoisotopic (exact) mass is 383 g/mol. The van der Waals surface area contributed by atoms with Crippen molar-refractivity contribution in [2.75, 3.05) is 13.6 Å². The number of hydrogen-bond donors (Lipinski definition) is 2. The quantitative estimate of drug-likeness (QED) is 0.821. The zero-order valence-corrected chi connectivity index (χ0v) is 15.9. The van der Waals surface area contributed by atoms with Crippen molar-refractivity contribution in [2.45, 2.75) is 56.7 Å². The highest BCUT2D eigenvalue weighted by Crippen LogP contribution is 2.31. The molecule has 2 aliphatic rings. The third kappa shape index (κ3) is 4.35. The molecule has 7 heteroatoms. The van der Waals surface area contributed by atoms with E-state index in [4.69, 9.17) is 0 Å². The predicted octanol–water partition coefficient (Wildman–Crippen LogP) is 2.56. The van der Waals surface area contributed by atoms with Crippen LogP contribution in [0.25, 0.3) is 0 Å². The maximum Gasteiger partial charge on any atom is 0.241 e. The molecule has 0 aromatic heterocycles. The molecule has 5 nitrogen and oxygen atoms in total. The van der Waals surface area contributed by atoms with E-state index < -0.39 is 11.9 Å². The molecule has 0 spiro atoms. The van der Waals surface area contributed by atoms with Crippen LogP contribution in [-0.4, -0.2) is 42.4 Å². The number of amides is 2. The lowest BCUT2D eigenvalue weighted by atomic mass is 10.0. The van der Waals surface area contributed by atoms with E-state index in [1.807, 2.05) is 4.90 Å². The molecule has 2 amide bonds. The van der Waals surface area contributed by atoms with Gasteiger partial charge in [-0.2, -0.15) is 0 Å². The number of halogens is 2. The summed E-state index contributed by atoms with van der Waals surface area (Å²) in [6, 6.07) is 5.37. The second-order valence-electron chi connectivity index (χ2n) is 6.92. The van der Waals surface area contributed by atoms with Gasteiger partial charge < -0.3 is 10.6 Å². The summed E-state index contributed by atoms with van der Waals surface area (Å²) >= 11 is 0. The van der Waals surface area contributed by atoms with Crippen molar-refractivity contribution in [3.05, 3.63) is 35.6 Å². The first-order valence-electron chi connectivity index (χ1n) is 9.14. The fourth-order valence-electron chi connectivity index (χ4n) is 4.05. The van der Waals surface area contributed by atoms with Crippen LogP contribution < -0.4 is 10.6 Å². The number of hydrogen-bond acceptors (Lipinski definition) is 3. The maximum atomic E-state index is 14.3. The smallest absolute Gasteiger partial charge is 0.241 e. The summed E-state index contributed by atoms with van der Waals surface area (Å²) in [6.07, 6.45) is 5.85. The van der Waals surface area contributed by atoms with E-state index in [9.17, 15) is 14.0 Å². The highest BCUT2D eigenvalue weighted by atomic mass is 35.5. The number of benzene rings is 1. The van der Waals surface area contributed by atoms with E-state index in [1.165, 1.54) is 6.07 Å². The number of likely N-dealkylation sites (tertiary alicyclic amines) is 1. The van der Waals surface area contributed by atoms with Crippen molar-refractivity contribution >= 4 is 24.2 Å². The van der Waals surface area contributed by atoms with Gasteiger partial charge in [-0.15, -0.1) is 12.4 Å².